The molecule has 0 radical (unpaired) electrons. The maximum Gasteiger partial charge on any atom is 0.0701 e. The summed E-state index contributed by atoms with van der Waals surface area (Å²) in [5, 5.41) is 3.38. The standard InChI is InChI=1S/C15H32N6O3/c16-2-1-4-20-5-7-21(8-6-20)9-11-23-13-15-24-14-12-22-10-3-18-19-17/h1-16H2. The molecule has 1 saturated heterocycles. The summed E-state index contributed by atoms with van der Waals surface area (Å²) in [6.45, 7) is 11.1. The minimum absolute atomic E-state index is 0.362. The van der Waals surface area contributed by atoms with E-state index in [1.165, 1.54) is 0 Å². The molecule has 0 unspecified atom stereocenters. The predicted molar refractivity (Wildman–Crippen MR) is 93.0 cm³/mol. The molecule has 1 fully saturated rings. The molecule has 1 heterocycles. The van der Waals surface area contributed by atoms with Crippen molar-refractivity contribution in [3.63, 3.8) is 0 Å². The van der Waals surface area contributed by atoms with E-state index < -0.39 is 0 Å². The molecule has 2 N–H and O–H groups in total. The third-order valence-electron chi connectivity index (χ3n) is 3.84. The van der Waals surface area contributed by atoms with Gasteiger partial charge in [0.15, 0.2) is 0 Å². The van der Waals surface area contributed by atoms with Crippen LogP contribution in [0.1, 0.15) is 6.42 Å². The summed E-state index contributed by atoms with van der Waals surface area (Å²) in [5.74, 6) is 0. The molecule has 0 spiro atoms. The van der Waals surface area contributed by atoms with E-state index in [9.17, 15) is 0 Å². The molecule has 0 aromatic rings. The number of hydrogen-bond donors (Lipinski definition) is 1. The van der Waals surface area contributed by atoms with Crippen molar-refractivity contribution in [1.82, 2.24) is 9.80 Å². The van der Waals surface area contributed by atoms with E-state index in [0.29, 0.717) is 39.6 Å². The van der Waals surface area contributed by atoms with Crippen LogP contribution in [0.3, 0.4) is 0 Å². The van der Waals surface area contributed by atoms with Gasteiger partial charge in [0, 0.05) is 44.2 Å². The third-order valence-corrected chi connectivity index (χ3v) is 3.84. The lowest BCUT2D eigenvalue weighted by Gasteiger charge is -2.34. The van der Waals surface area contributed by atoms with Crippen molar-refractivity contribution in [2.75, 3.05) is 92.0 Å². The van der Waals surface area contributed by atoms with Crippen molar-refractivity contribution in [3.05, 3.63) is 10.4 Å². The Morgan fingerprint density at radius 2 is 1.38 bits per heavy atom. The Morgan fingerprint density at radius 3 is 1.96 bits per heavy atom. The third kappa shape index (κ3) is 11.6. The number of ether oxygens (including phenoxy) is 3. The molecule has 1 aliphatic rings. The van der Waals surface area contributed by atoms with Gasteiger partial charge in [-0.15, -0.1) is 0 Å². The van der Waals surface area contributed by atoms with Crippen LogP contribution in [0.4, 0.5) is 0 Å². The highest BCUT2D eigenvalue weighted by atomic mass is 16.5. The van der Waals surface area contributed by atoms with Crippen molar-refractivity contribution in [1.29, 1.82) is 0 Å². The quantitative estimate of drug-likeness (QED) is 0.198. The van der Waals surface area contributed by atoms with Gasteiger partial charge >= 0.3 is 0 Å². The van der Waals surface area contributed by atoms with Crippen LogP contribution in [0.2, 0.25) is 0 Å². The lowest BCUT2D eigenvalue weighted by Crippen LogP contribution is -2.47. The Kier molecular flexibility index (Phi) is 13.7. The normalized spacial score (nSPS) is 16.2. The summed E-state index contributed by atoms with van der Waals surface area (Å²) in [4.78, 5) is 7.57. The number of rotatable bonds is 15. The van der Waals surface area contributed by atoms with Crippen molar-refractivity contribution in [2.45, 2.75) is 6.42 Å². The number of nitrogens with two attached hydrogens (primary N) is 1. The second-order valence-electron chi connectivity index (χ2n) is 5.62. The van der Waals surface area contributed by atoms with E-state index in [1.807, 2.05) is 0 Å². The smallest absolute Gasteiger partial charge is 0.0701 e. The van der Waals surface area contributed by atoms with Crippen LogP contribution >= 0.6 is 0 Å². The van der Waals surface area contributed by atoms with Gasteiger partial charge in [0.2, 0.25) is 0 Å². The number of nitrogens with zero attached hydrogens (tertiary/aromatic N) is 5. The van der Waals surface area contributed by atoms with E-state index >= 15 is 0 Å². The molecule has 0 aromatic carbocycles. The Hall–Kier alpha value is -0.930. The van der Waals surface area contributed by atoms with Crippen LogP contribution in [0.5, 0.6) is 0 Å². The largest absolute Gasteiger partial charge is 0.379 e. The molecular formula is C15H32N6O3. The Morgan fingerprint density at radius 1 is 0.833 bits per heavy atom. The average molecular weight is 344 g/mol. The molecule has 24 heavy (non-hydrogen) atoms. The number of piperazine rings is 1. The molecule has 1 aliphatic heterocycles. The van der Waals surface area contributed by atoms with Gasteiger partial charge in [0.05, 0.1) is 39.6 Å². The first-order chi connectivity index (χ1) is 11.9. The van der Waals surface area contributed by atoms with E-state index in [0.717, 1.165) is 58.8 Å². The summed E-state index contributed by atoms with van der Waals surface area (Å²) in [7, 11) is 0. The van der Waals surface area contributed by atoms with Gasteiger partial charge in [0.1, 0.15) is 0 Å². The highest BCUT2D eigenvalue weighted by molar-refractivity contribution is 4.71. The van der Waals surface area contributed by atoms with E-state index in [4.69, 9.17) is 25.5 Å². The minimum Gasteiger partial charge on any atom is -0.379 e. The first kappa shape index (κ1) is 21.1. The lowest BCUT2D eigenvalue weighted by molar-refractivity contribution is 0.00908. The SMILES string of the molecule is [N-]=[N+]=NCCOCCOCCOCCN1CCN(CCCN)CC1. The van der Waals surface area contributed by atoms with Gasteiger partial charge < -0.3 is 24.8 Å². The lowest BCUT2D eigenvalue weighted by atomic mass is 10.3. The Balaban J connectivity index is 1.80. The predicted octanol–water partition coefficient (Wildman–Crippen LogP) is 0.313. The maximum absolute atomic E-state index is 8.09. The molecule has 9 heteroatoms. The van der Waals surface area contributed by atoms with Crippen LogP contribution in [-0.4, -0.2) is 102 Å². The van der Waals surface area contributed by atoms with Crippen molar-refractivity contribution >= 4 is 0 Å². The van der Waals surface area contributed by atoms with Gasteiger partial charge in [0.25, 0.3) is 0 Å². The van der Waals surface area contributed by atoms with E-state index in [1.54, 1.807) is 0 Å². The van der Waals surface area contributed by atoms with Gasteiger partial charge in [-0.1, -0.05) is 5.11 Å². The number of azide groups is 1. The fraction of sp³-hybridized carbons (Fsp3) is 1.00. The van der Waals surface area contributed by atoms with Gasteiger partial charge in [-0.3, -0.25) is 4.90 Å². The fourth-order valence-corrected chi connectivity index (χ4v) is 2.44. The summed E-state index contributed by atoms with van der Waals surface area (Å²) in [5.41, 5.74) is 13.6. The molecule has 0 aliphatic carbocycles. The van der Waals surface area contributed by atoms with Crippen molar-refractivity contribution in [2.24, 2.45) is 10.8 Å². The zero-order chi connectivity index (χ0) is 17.3. The second-order valence-corrected chi connectivity index (χ2v) is 5.62. The zero-order valence-electron chi connectivity index (χ0n) is 14.6. The van der Waals surface area contributed by atoms with Crippen molar-refractivity contribution < 1.29 is 14.2 Å². The molecule has 0 atom stereocenters. The monoisotopic (exact) mass is 344 g/mol. The summed E-state index contributed by atoms with van der Waals surface area (Å²) >= 11 is 0. The Bertz CT molecular complexity index is 333. The van der Waals surface area contributed by atoms with Gasteiger partial charge in [-0.2, -0.15) is 0 Å². The molecule has 140 valence electrons. The highest BCUT2D eigenvalue weighted by Crippen LogP contribution is 2.01. The molecular weight excluding hydrogens is 312 g/mol. The molecule has 0 amide bonds. The Labute approximate surface area is 144 Å². The topological polar surface area (TPSA) is 109 Å². The second kappa shape index (κ2) is 15.6. The van der Waals surface area contributed by atoms with Crippen LogP contribution in [0.15, 0.2) is 5.11 Å². The van der Waals surface area contributed by atoms with Gasteiger partial charge in [-0.05, 0) is 25.0 Å². The van der Waals surface area contributed by atoms with Crippen molar-refractivity contribution in [3.8, 4) is 0 Å². The van der Waals surface area contributed by atoms with Gasteiger partial charge in [-0.25, -0.2) is 0 Å². The summed E-state index contributed by atoms with van der Waals surface area (Å²) in [6, 6.07) is 0. The highest BCUT2D eigenvalue weighted by Gasteiger charge is 2.15. The average Bonchev–Trinajstić information content (AvgIpc) is 2.62. The van der Waals surface area contributed by atoms with Crippen LogP contribution < -0.4 is 5.73 Å². The first-order valence-electron chi connectivity index (χ1n) is 8.75. The van der Waals surface area contributed by atoms with Crippen LogP contribution in [-0.2, 0) is 14.2 Å². The fourth-order valence-electron chi connectivity index (χ4n) is 2.44. The molecule has 9 nitrogen and oxygen atoms in total. The molecule has 0 aromatic heterocycles. The van der Waals surface area contributed by atoms with Crippen LogP contribution in [0.25, 0.3) is 10.4 Å². The summed E-state index contributed by atoms with van der Waals surface area (Å²) < 4.78 is 16.2. The first-order valence-corrected chi connectivity index (χ1v) is 8.75. The van der Waals surface area contributed by atoms with Crippen LogP contribution in [0, 0.1) is 0 Å². The minimum atomic E-state index is 0.362. The van der Waals surface area contributed by atoms with E-state index in [-0.39, 0.29) is 0 Å². The zero-order valence-corrected chi connectivity index (χ0v) is 14.6. The van der Waals surface area contributed by atoms with E-state index in [2.05, 4.69) is 19.8 Å². The molecule has 0 saturated carbocycles. The maximum atomic E-state index is 8.09. The molecule has 0 bridgehead atoms. The molecule has 1 rings (SSSR count). The number of hydrogen-bond acceptors (Lipinski definition) is 7. The summed E-state index contributed by atoms with van der Waals surface area (Å²) in [6.07, 6.45) is 1.09.